The fraction of sp³-hybridized carbons (Fsp3) is 0.417. The second-order valence-corrected chi connectivity index (χ2v) is 5.06. The molecule has 0 fully saturated rings. The second-order valence-electron chi connectivity index (χ2n) is 4.14. The van der Waals surface area contributed by atoms with E-state index in [4.69, 9.17) is 0 Å². The van der Waals surface area contributed by atoms with E-state index in [1.807, 2.05) is 23.1 Å². The summed E-state index contributed by atoms with van der Waals surface area (Å²) < 4.78 is 4.52. The summed E-state index contributed by atoms with van der Waals surface area (Å²) in [6.45, 7) is 2.08. The predicted molar refractivity (Wildman–Crippen MR) is 74.4 cm³/mol. The van der Waals surface area contributed by atoms with Crippen LogP contribution in [0.5, 0.6) is 0 Å². The lowest BCUT2D eigenvalue weighted by Gasteiger charge is -2.05. The molecule has 2 aromatic rings. The Hall–Kier alpha value is -1.63. The largest absolute Gasteiger partial charge is 0.356 e. The smallest absolute Gasteiger partial charge is 0.221 e. The number of hydrogen-bond acceptors (Lipinski definition) is 3. The number of aryl methyl sites for hydroxylation is 2. The van der Waals surface area contributed by atoms with E-state index < -0.39 is 0 Å². The van der Waals surface area contributed by atoms with Gasteiger partial charge in [-0.1, -0.05) is 0 Å². The van der Waals surface area contributed by atoms with Crippen LogP contribution in [0, 0.1) is 0 Å². The van der Waals surface area contributed by atoms with Crippen LogP contribution in [0.3, 0.4) is 0 Å². The van der Waals surface area contributed by atoms with Gasteiger partial charge in [-0.15, -0.1) is 0 Å². The summed E-state index contributed by atoms with van der Waals surface area (Å²) >= 11 is 3.32. The summed E-state index contributed by atoms with van der Waals surface area (Å²) in [5, 5.41) is 11.1. The lowest BCUT2D eigenvalue weighted by atomic mass is 10.3. The maximum atomic E-state index is 11.6. The first kappa shape index (κ1) is 13.8. The zero-order chi connectivity index (χ0) is 13.5. The van der Waals surface area contributed by atoms with Crippen LogP contribution in [0.4, 0.5) is 0 Å². The van der Waals surface area contributed by atoms with Crippen LogP contribution < -0.4 is 5.32 Å². The van der Waals surface area contributed by atoms with Crippen molar-refractivity contribution in [3.05, 3.63) is 35.3 Å². The molecule has 0 aliphatic rings. The monoisotopic (exact) mass is 325 g/mol. The molecule has 0 bridgehead atoms. The average molecular weight is 326 g/mol. The third kappa shape index (κ3) is 4.86. The highest BCUT2D eigenvalue weighted by Gasteiger charge is 2.02. The molecule has 0 aliphatic heterocycles. The van der Waals surface area contributed by atoms with Gasteiger partial charge in [-0.05, 0) is 28.4 Å². The highest BCUT2D eigenvalue weighted by molar-refractivity contribution is 9.10. The highest BCUT2D eigenvalue weighted by atomic mass is 79.9. The molecule has 2 rings (SSSR count). The first-order valence-corrected chi connectivity index (χ1v) is 6.95. The van der Waals surface area contributed by atoms with Crippen molar-refractivity contribution in [1.82, 2.24) is 24.9 Å². The van der Waals surface area contributed by atoms with Gasteiger partial charge >= 0.3 is 0 Å². The Morgan fingerprint density at radius 1 is 1.32 bits per heavy atom. The van der Waals surface area contributed by atoms with Crippen molar-refractivity contribution in [2.45, 2.75) is 25.9 Å². The third-order valence-corrected chi connectivity index (χ3v) is 3.02. The highest BCUT2D eigenvalue weighted by Crippen LogP contribution is 2.06. The molecule has 2 aromatic heterocycles. The normalized spacial score (nSPS) is 10.6. The van der Waals surface area contributed by atoms with Crippen LogP contribution >= 0.6 is 15.9 Å². The summed E-state index contributed by atoms with van der Waals surface area (Å²) in [4.78, 5) is 11.6. The minimum absolute atomic E-state index is 0.0482. The van der Waals surface area contributed by atoms with Crippen molar-refractivity contribution in [3.8, 4) is 0 Å². The molecule has 0 aromatic carbocycles. The zero-order valence-corrected chi connectivity index (χ0v) is 12.1. The van der Waals surface area contributed by atoms with Gasteiger partial charge in [0.1, 0.15) is 0 Å². The first-order valence-electron chi connectivity index (χ1n) is 6.16. The molecule has 0 spiro atoms. The fourth-order valence-corrected chi connectivity index (χ4v) is 1.99. The molecule has 1 amide bonds. The van der Waals surface area contributed by atoms with Crippen molar-refractivity contribution < 1.29 is 4.79 Å². The molecular weight excluding hydrogens is 310 g/mol. The van der Waals surface area contributed by atoms with Crippen molar-refractivity contribution in [2.75, 3.05) is 6.54 Å². The first-order chi connectivity index (χ1) is 9.24. The van der Waals surface area contributed by atoms with Gasteiger partial charge in [0.25, 0.3) is 0 Å². The Morgan fingerprint density at radius 3 is 2.89 bits per heavy atom. The Morgan fingerprint density at radius 2 is 2.21 bits per heavy atom. The number of nitrogens with zero attached hydrogens (tertiary/aromatic N) is 4. The molecule has 0 unspecified atom stereocenters. The Kier molecular flexibility index (Phi) is 5.14. The summed E-state index contributed by atoms with van der Waals surface area (Å²) in [5.41, 5.74) is 0. The van der Waals surface area contributed by atoms with Crippen LogP contribution in [-0.4, -0.2) is 32.0 Å². The molecule has 2 heterocycles. The molecule has 102 valence electrons. The fourth-order valence-electron chi connectivity index (χ4n) is 1.67. The quantitative estimate of drug-likeness (QED) is 0.783. The van der Waals surface area contributed by atoms with Crippen molar-refractivity contribution >= 4 is 21.8 Å². The van der Waals surface area contributed by atoms with E-state index in [9.17, 15) is 4.79 Å². The molecule has 0 atom stereocenters. The van der Waals surface area contributed by atoms with E-state index in [0.717, 1.165) is 17.4 Å². The van der Waals surface area contributed by atoms with Gasteiger partial charge in [-0.25, -0.2) is 0 Å². The predicted octanol–water partition coefficient (Wildman–Crippen LogP) is 1.44. The van der Waals surface area contributed by atoms with Gasteiger partial charge < -0.3 is 5.32 Å². The second kappa shape index (κ2) is 7.08. The maximum absolute atomic E-state index is 11.6. The standard InChI is InChI=1S/C12H16BrN5O/c13-11-9-16-18(10-11)8-3-12(19)14-4-1-6-17-7-2-5-15-17/h2,5,7,9-10H,1,3-4,6,8H2,(H,14,19). The van der Waals surface area contributed by atoms with Gasteiger partial charge in [-0.2, -0.15) is 10.2 Å². The molecule has 7 heteroatoms. The average Bonchev–Trinajstić information content (AvgIpc) is 3.03. The molecule has 0 radical (unpaired) electrons. The zero-order valence-electron chi connectivity index (χ0n) is 10.5. The van der Waals surface area contributed by atoms with Crippen molar-refractivity contribution in [1.29, 1.82) is 0 Å². The van der Waals surface area contributed by atoms with E-state index in [1.165, 1.54) is 0 Å². The van der Waals surface area contributed by atoms with Crippen LogP contribution in [0.25, 0.3) is 0 Å². The number of amides is 1. The Balaban J connectivity index is 1.57. The van der Waals surface area contributed by atoms with Crippen LogP contribution in [-0.2, 0) is 17.9 Å². The number of carbonyl (C=O) groups excluding carboxylic acids is 1. The minimum Gasteiger partial charge on any atom is -0.356 e. The number of hydrogen-bond donors (Lipinski definition) is 1. The van der Waals surface area contributed by atoms with Gasteiger partial charge in [0, 0.05) is 44.6 Å². The Bertz CT molecular complexity index is 508. The molecule has 19 heavy (non-hydrogen) atoms. The number of aromatic nitrogens is 4. The topological polar surface area (TPSA) is 64.7 Å². The number of nitrogens with one attached hydrogen (secondary N) is 1. The van der Waals surface area contributed by atoms with E-state index in [-0.39, 0.29) is 5.91 Å². The van der Waals surface area contributed by atoms with E-state index >= 15 is 0 Å². The van der Waals surface area contributed by atoms with Gasteiger partial charge in [0.15, 0.2) is 0 Å². The molecule has 1 N–H and O–H groups in total. The molecule has 0 saturated carbocycles. The lowest BCUT2D eigenvalue weighted by Crippen LogP contribution is -2.26. The Labute approximate surface area is 119 Å². The molecule has 0 saturated heterocycles. The summed E-state index contributed by atoms with van der Waals surface area (Å²) in [5.74, 6) is 0.0482. The number of carbonyl (C=O) groups is 1. The van der Waals surface area contributed by atoms with E-state index in [1.54, 1.807) is 17.1 Å². The minimum atomic E-state index is 0.0482. The molecular formula is C12H16BrN5O. The third-order valence-electron chi connectivity index (χ3n) is 2.62. The van der Waals surface area contributed by atoms with E-state index in [0.29, 0.717) is 19.5 Å². The molecule has 0 aliphatic carbocycles. The number of halogens is 1. The summed E-state index contributed by atoms with van der Waals surface area (Å²) in [6, 6.07) is 1.89. The van der Waals surface area contributed by atoms with Crippen LogP contribution in [0.1, 0.15) is 12.8 Å². The van der Waals surface area contributed by atoms with Crippen molar-refractivity contribution in [3.63, 3.8) is 0 Å². The lowest BCUT2D eigenvalue weighted by molar-refractivity contribution is -0.121. The maximum Gasteiger partial charge on any atom is 0.221 e. The van der Waals surface area contributed by atoms with Gasteiger partial charge in [-0.3, -0.25) is 14.2 Å². The van der Waals surface area contributed by atoms with Gasteiger partial charge in [0.05, 0.1) is 10.7 Å². The summed E-state index contributed by atoms with van der Waals surface area (Å²) in [6.07, 6.45) is 8.54. The molecule has 6 nitrogen and oxygen atoms in total. The van der Waals surface area contributed by atoms with Crippen molar-refractivity contribution in [2.24, 2.45) is 0 Å². The number of rotatable bonds is 7. The van der Waals surface area contributed by atoms with Crippen LogP contribution in [0.2, 0.25) is 0 Å². The summed E-state index contributed by atoms with van der Waals surface area (Å²) in [7, 11) is 0. The van der Waals surface area contributed by atoms with Crippen LogP contribution in [0.15, 0.2) is 35.3 Å². The SMILES string of the molecule is O=C(CCn1cc(Br)cn1)NCCCn1cccn1. The van der Waals surface area contributed by atoms with E-state index in [2.05, 4.69) is 31.4 Å². The van der Waals surface area contributed by atoms with Gasteiger partial charge in [0.2, 0.25) is 5.91 Å².